The predicted molar refractivity (Wildman–Crippen MR) is 156 cm³/mol. The third-order valence-electron chi connectivity index (χ3n) is 5.48. The van der Waals surface area contributed by atoms with Crippen LogP contribution in [0.4, 0.5) is 28.4 Å². The van der Waals surface area contributed by atoms with E-state index in [9.17, 15) is 0 Å². The van der Waals surface area contributed by atoms with E-state index in [1.54, 1.807) is 0 Å². The molecule has 0 saturated carbocycles. The molecule has 0 aliphatic rings. The van der Waals surface area contributed by atoms with Crippen molar-refractivity contribution in [2.24, 2.45) is 9.98 Å². The second-order valence-corrected chi connectivity index (χ2v) is 8.19. The molecule has 0 aliphatic heterocycles. The number of nitrogens with one attached hydrogen (secondary N) is 2. The molecule has 0 unspecified atom stereocenters. The molecule has 5 rings (SSSR count). The van der Waals surface area contributed by atoms with Crippen LogP contribution in [0.2, 0.25) is 0 Å². The third kappa shape index (κ3) is 6.50. The SMILES string of the molecule is c1ccc(N=C(Nc2ccccc2)N(C(=Nc2ccccc2)Nc2ccccc2)c2ccccc2)cc1. The maximum absolute atomic E-state index is 5.05. The standard InChI is InChI=1S/C32H27N5/c1-6-16-26(17-7-1)33-31(34-27-18-8-2-9-19-27)37(30-24-14-5-15-25-30)32(35-28-20-10-3-11-21-28)36-29-22-12-4-13-23-29/h1-25H,(H,33,34)(H,35,36). The van der Waals surface area contributed by atoms with Crippen molar-refractivity contribution in [3.63, 3.8) is 0 Å². The van der Waals surface area contributed by atoms with E-state index in [4.69, 9.17) is 9.98 Å². The lowest BCUT2D eigenvalue weighted by atomic mass is 10.2. The van der Waals surface area contributed by atoms with Crippen LogP contribution >= 0.6 is 0 Å². The van der Waals surface area contributed by atoms with Crippen LogP contribution in [0.5, 0.6) is 0 Å². The smallest absolute Gasteiger partial charge is 0.215 e. The van der Waals surface area contributed by atoms with Gasteiger partial charge in [0.1, 0.15) is 0 Å². The van der Waals surface area contributed by atoms with Crippen molar-refractivity contribution in [1.29, 1.82) is 0 Å². The summed E-state index contributed by atoms with van der Waals surface area (Å²) in [7, 11) is 0. The van der Waals surface area contributed by atoms with E-state index in [0.29, 0.717) is 11.9 Å². The van der Waals surface area contributed by atoms with Gasteiger partial charge in [0.2, 0.25) is 11.9 Å². The number of nitrogens with zero attached hydrogens (tertiary/aromatic N) is 3. The summed E-state index contributed by atoms with van der Waals surface area (Å²) < 4.78 is 0. The summed E-state index contributed by atoms with van der Waals surface area (Å²) in [6.45, 7) is 0. The molecule has 0 radical (unpaired) electrons. The minimum absolute atomic E-state index is 0.599. The number of aliphatic imine (C=N–C) groups is 2. The van der Waals surface area contributed by atoms with Gasteiger partial charge in [-0.1, -0.05) is 91.0 Å². The lowest BCUT2D eigenvalue weighted by Gasteiger charge is -2.29. The summed E-state index contributed by atoms with van der Waals surface area (Å²) in [5.74, 6) is 1.20. The number of benzene rings is 5. The van der Waals surface area contributed by atoms with Crippen LogP contribution in [0, 0.1) is 0 Å². The zero-order chi connectivity index (χ0) is 25.1. The molecule has 0 aromatic heterocycles. The van der Waals surface area contributed by atoms with Gasteiger partial charge in [-0.05, 0) is 60.7 Å². The molecule has 5 nitrogen and oxygen atoms in total. The first kappa shape index (κ1) is 23.6. The van der Waals surface area contributed by atoms with Gasteiger partial charge in [-0.15, -0.1) is 0 Å². The first-order chi connectivity index (χ1) is 18.3. The van der Waals surface area contributed by atoms with Gasteiger partial charge in [-0.25, -0.2) is 14.9 Å². The van der Waals surface area contributed by atoms with Gasteiger partial charge in [0.15, 0.2) is 0 Å². The van der Waals surface area contributed by atoms with Crippen molar-refractivity contribution in [3.05, 3.63) is 152 Å². The Hall–Kier alpha value is -5.16. The highest BCUT2D eigenvalue weighted by Crippen LogP contribution is 2.23. The minimum atomic E-state index is 0.599. The first-order valence-electron chi connectivity index (χ1n) is 12.1. The van der Waals surface area contributed by atoms with Crippen LogP contribution in [-0.2, 0) is 0 Å². The normalized spacial score (nSPS) is 11.6. The van der Waals surface area contributed by atoms with Crippen molar-refractivity contribution in [1.82, 2.24) is 0 Å². The van der Waals surface area contributed by atoms with Gasteiger partial charge < -0.3 is 10.6 Å². The Balaban J connectivity index is 1.69. The lowest BCUT2D eigenvalue weighted by Crippen LogP contribution is -2.45. The van der Waals surface area contributed by atoms with Crippen LogP contribution < -0.4 is 15.5 Å². The van der Waals surface area contributed by atoms with Crippen LogP contribution in [0.3, 0.4) is 0 Å². The number of guanidine groups is 2. The zero-order valence-corrected chi connectivity index (χ0v) is 20.3. The summed E-state index contributed by atoms with van der Waals surface area (Å²) in [4.78, 5) is 12.1. The highest BCUT2D eigenvalue weighted by atomic mass is 15.4. The molecule has 0 bridgehead atoms. The van der Waals surface area contributed by atoms with E-state index in [0.717, 1.165) is 28.4 Å². The van der Waals surface area contributed by atoms with Gasteiger partial charge >= 0.3 is 0 Å². The van der Waals surface area contributed by atoms with Gasteiger partial charge in [-0.2, -0.15) is 0 Å². The van der Waals surface area contributed by atoms with Gasteiger partial charge in [0, 0.05) is 11.4 Å². The molecule has 2 N–H and O–H groups in total. The molecular formula is C32H27N5. The molecule has 0 fully saturated rings. The molecule has 5 aromatic carbocycles. The van der Waals surface area contributed by atoms with E-state index in [1.165, 1.54) is 0 Å². The van der Waals surface area contributed by atoms with Crippen LogP contribution in [0.1, 0.15) is 0 Å². The van der Waals surface area contributed by atoms with E-state index in [2.05, 4.69) is 10.6 Å². The second kappa shape index (κ2) is 12.0. The Morgan fingerprint density at radius 1 is 0.405 bits per heavy atom. The van der Waals surface area contributed by atoms with Crippen molar-refractivity contribution in [2.45, 2.75) is 0 Å². The maximum atomic E-state index is 5.05. The largest absolute Gasteiger partial charge is 0.325 e. The Labute approximate surface area is 217 Å². The number of hydrogen-bond donors (Lipinski definition) is 2. The summed E-state index contributed by atoms with van der Waals surface area (Å²) in [5, 5.41) is 7.07. The van der Waals surface area contributed by atoms with Crippen molar-refractivity contribution < 1.29 is 0 Å². The molecule has 0 saturated heterocycles. The van der Waals surface area contributed by atoms with Crippen LogP contribution in [-0.4, -0.2) is 11.9 Å². The number of rotatable bonds is 5. The Morgan fingerprint density at radius 3 is 1.11 bits per heavy atom. The molecule has 0 heterocycles. The summed E-state index contributed by atoms with van der Waals surface area (Å²) in [5.41, 5.74) is 4.37. The number of hydrogen-bond acceptors (Lipinski definition) is 2. The fourth-order valence-electron chi connectivity index (χ4n) is 3.74. The Morgan fingerprint density at radius 2 is 0.730 bits per heavy atom. The molecule has 5 heteroatoms. The number of anilines is 3. The summed E-state index contributed by atoms with van der Waals surface area (Å²) in [6, 6.07) is 49.9. The van der Waals surface area contributed by atoms with E-state index in [1.807, 2.05) is 157 Å². The average molecular weight is 482 g/mol. The monoisotopic (exact) mass is 481 g/mol. The van der Waals surface area contributed by atoms with Gasteiger partial charge in [0.05, 0.1) is 17.1 Å². The highest BCUT2D eigenvalue weighted by molar-refractivity contribution is 6.26. The average Bonchev–Trinajstić information content (AvgIpc) is 2.96. The van der Waals surface area contributed by atoms with Crippen molar-refractivity contribution in [2.75, 3.05) is 15.5 Å². The molecule has 0 atom stereocenters. The van der Waals surface area contributed by atoms with Gasteiger partial charge in [0.25, 0.3) is 0 Å². The Kier molecular flexibility index (Phi) is 7.65. The van der Waals surface area contributed by atoms with Gasteiger partial charge in [-0.3, -0.25) is 0 Å². The molecule has 0 aliphatic carbocycles. The molecule has 0 spiro atoms. The van der Waals surface area contributed by atoms with E-state index < -0.39 is 0 Å². The Bertz CT molecular complexity index is 1340. The quantitative estimate of drug-likeness (QED) is 0.197. The van der Waals surface area contributed by atoms with Crippen molar-refractivity contribution >= 4 is 40.4 Å². The maximum Gasteiger partial charge on any atom is 0.215 e. The summed E-state index contributed by atoms with van der Waals surface area (Å²) >= 11 is 0. The second-order valence-electron chi connectivity index (χ2n) is 8.19. The molecular weight excluding hydrogens is 454 g/mol. The fourth-order valence-corrected chi connectivity index (χ4v) is 3.74. The molecule has 180 valence electrons. The van der Waals surface area contributed by atoms with E-state index in [-0.39, 0.29) is 0 Å². The highest BCUT2D eigenvalue weighted by Gasteiger charge is 2.22. The molecule has 0 amide bonds. The predicted octanol–water partition coefficient (Wildman–Crippen LogP) is 8.09. The first-order valence-corrected chi connectivity index (χ1v) is 12.1. The fraction of sp³-hybridized carbons (Fsp3) is 0. The van der Waals surface area contributed by atoms with Crippen molar-refractivity contribution in [3.8, 4) is 0 Å². The lowest BCUT2D eigenvalue weighted by molar-refractivity contribution is 1.31. The molecule has 37 heavy (non-hydrogen) atoms. The number of para-hydroxylation sites is 5. The van der Waals surface area contributed by atoms with E-state index >= 15 is 0 Å². The topological polar surface area (TPSA) is 52.0 Å². The van der Waals surface area contributed by atoms with Crippen LogP contribution in [0.25, 0.3) is 0 Å². The third-order valence-corrected chi connectivity index (χ3v) is 5.48. The minimum Gasteiger partial charge on any atom is -0.325 e. The summed E-state index contributed by atoms with van der Waals surface area (Å²) in [6.07, 6.45) is 0. The zero-order valence-electron chi connectivity index (χ0n) is 20.3. The van der Waals surface area contributed by atoms with Crippen LogP contribution in [0.15, 0.2) is 162 Å². The molecule has 5 aromatic rings.